The standard InChI is InChI=1S/C53H34N6/c1-5-15-35(16-6-1)51-54-52(36-17-7-2-8-18-36)56-53(55-51)37-25-27-41(28-26-37)58-46-24-14-13-23-42(46)44-32-45-43-31-38-29-30-57(39-19-9-3-10-20-39)47(38)33-48(43)59(50(45)34-49(44)58)40-21-11-4-12-22-40/h1-34H. The molecule has 0 N–H and O–H groups in total. The molecule has 8 aromatic carbocycles. The highest BCUT2D eigenvalue weighted by atomic mass is 15.0. The average molecular weight is 755 g/mol. The van der Waals surface area contributed by atoms with Crippen LogP contribution in [0.2, 0.25) is 0 Å². The maximum absolute atomic E-state index is 4.99. The van der Waals surface area contributed by atoms with Gasteiger partial charge in [-0.25, -0.2) is 15.0 Å². The molecule has 0 aliphatic rings. The predicted octanol–water partition coefficient (Wildman–Crippen LogP) is 13.0. The molecule has 0 aliphatic heterocycles. The molecule has 0 bridgehead atoms. The molecule has 4 heterocycles. The van der Waals surface area contributed by atoms with E-state index in [2.05, 4.69) is 159 Å². The molecule has 0 unspecified atom stereocenters. The molecule has 0 radical (unpaired) electrons. The summed E-state index contributed by atoms with van der Waals surface area (Å²) in [6, 6.07) is 70.6. The number of nitrogens with zero attached hydrogens (tertiary/aromatic N) is 6. The van der Waals surface area contributed by atoms with Gasteiger partial charge in [-0.1, -0.05) is 115 Å². The predicted molar refractivity (Wildman–Crippen MR) is 242 cm³/mol. The third-order valence-electron chi connectivity index (χ3n) is 11.5. The zero-order valence-electron chi connectivity index (χ0n) is 31.8. The van der Waals surface area contributed by atoms with Crippen molar-refractivity contribution >= 4 is 54.5 Å². The van der Waals surface area contributed by atoms with Gasteiger partial charge >= 0.3 is 0 Å². The first kappa shape index (κ1) is 33.1. The molecule has 0 saturated heterocycles. The van der Waals surface area contributed by atoms with Crippen LogP contribution < -0.4 is 0 Å². The minimum absolute atomic E-state index is 0.633. The lowest BCUT2D eigenvalue weighted by atomic mass is 10.1. The van der Waals surface area contributed by atoms with Gasteiger partial charge in [-0.15, -0.1) is 0 Å². The molecule has 6 heteroatoms. The van der Waals surface area contributed by atoms with Gasteiger partial charge in [0.05, 0.1) is 27.6 Å². The van der Waals surface area contributed by atoms with Gasteiger partial charge in [0.1, 0.15) is 0 Å². The van der Waals surface area contributed by atoms with Crippen molar-refractivity contribution in [3.63, 3.8) is 0 Å². The van der Waals surface area contributed by atoms with E-state index in [-0.39, 0.29) is 0 Å². The summed E-state index contributed by atoms with van der Waals surface area (Å²) in [5, 5.41) is 6.09. The highest BCUT2D eigenvalue weighted by molar-refractivity contribution is 6.20. The van der Waals surface area contributed by atoms with E-state index in [4.69, 9.17) is 15.0 Å². The Hall–Kier alpha value is -8.09. The monoisotopic (exact) mass is 754 g/mol. The summed E-state index contributed by atoms with van der Waals surface area (Å²) in [6.07, 6.45) is 2.18. The van der Waals surface area contributed by atoms with Crippen LogP contribution in [-0.4, -0.2) is 28.7 Å². The molecule has 59 heavy (non-hydrogen) atoms. The number of fused-ring (bicyclic) bond motifs is 7. The molecule has 0 spiro atoms. The van der Waals surface area contributed by atoms with Crippen LogP contribution in [0.1, 0.15) is 0 Å². The Morgan fingerprint density at radius 1 is 0.288 bits per heavy atom. The number of para-hydroxylation sites is 3. The summed E-state index contributed by atoms with van der Waals surface area (Å²) >= 11 is 0. The fraction of sp³-hybridized carbons (Fsp3) is 0. The van der Waals surface area contributed by atoms with Gasteiger partial charge in [-0.3, -0.25) is 0 Å². The van der Waals surface area contributed by atoms with Crippen molar-refractivity contribution in [2.45, 2.75) is 0 Å². The Bertz CT molecular complexity index is 3450. The largest absolute Gasteiger partial charge is 0.316 e. The Balaban J connectivity index is 1.06. The third-order valence-corrected chi connectivity index (χ3v) is 11.5. The average Bonchev–Trinajstić information content (AvgIpc) is 3.98. The van der Waals surface area contributed by atoms with Crippen LogP contribution in [0, 0.1) is 0 Å². The highest BCUT2D eigenvalue weighted by Gasteiger charge is 2.20. The van der Waals surface area contributed by atoms with Crippen molar-refractivity contribution < 1.29 is 0 Å². The molecule has 276 valence electrons. The SMILES string of the molecule is c1ccc(-c2nc(-c3ccccc3)nc(-c3ccc(-n4c5ccccc5c5cc6c7cc8ccn(-c9ccccc9)c8cc7n(-c7ccccc7)c6cc54)cc3)n2)cc1. The van der Waals surface area contributed by atoms with Crippen molar-refractivity contribution in [1.29, 1.82) is 0 Å². The highest BCUT2D eigenvalue weighted by Crippen LogP contribution is 2.41. The van der Waals surface area contributed by atoms with Crippen LogP contribution in [0.15, 0.2) is 206 Å². The molecule has 0 fully saturated rings. The third kappa shape index (κ3) is 5.38. The summed E-state index contributed by atoms with van der Waals surface area (Å²) in [6.45, 7) is 0. The molecular weight excluding hydrogens is 721 g/mol. The normalized spacial score (nSPS) is 11.7. The number of aromatic nitrogens is 6. The van der Waals surface area contributed by atoms with Gasteiger partial charge in [0.2, 0.25) is 0 Å². The molecule has 12 rings (SSSR count). The lowest BCUT2D eigenvalue weighted by molar-refractivity contribution is 1.07. The van der Waals surface area contributed by atoms with Crippen molar-refractivity contribution in [2.75, 3.05) is 0 Å². The fourth-order valence-electron chi connectivity index (χ4n) is 8.75. The van der Waals surface area contributed by atoms with E-state index >= 15 is 0 Å². The first-order valence-corrected chi connectivity index (χ1v) is 19.9. The number of rotatable bonds is 6. The van der Waals surface area contributed by atoms with Crippen LogP contribution >= 0.6 is 0 Å². The van der Waals surface area contributed by atoms with Crippen LogP contribution in [0.25, 0.3) is 106 Å². The second-order valence-corrected chi connectivity index (χ2v) is 14.9. The molecule has 0 atom stereocenters. The molecule has 0 amide bonds. The maximum Gasteiger partial charge on any atom is 0.164 e. The van der Waals surface area contributed by atoms with E-state index in [1.165, 1.54) is 38.0 Å². The quantitative estimate of drug-likeness (QED) is 0.170. The Labute approximate surface area is 339 Å². The first-order chi connectivity index (χ1) is 29.2. The number of hydrogen-bond acceptors (Lipinski definition) is 3. The van der Waals surface area contributed by atoms with Crippen LogP contribution in [0.5, 0.6) is 0 Å². The second-order valence-electron chi connectivity index (χ2n) is 14.9. The van der Waals surface area contributed by atoms with Gasteiger partial charge in [0.25, 0.3) is 0 Å². The zero-order valence-corrected chi connectivity index (χ0v) is 31.8. The molecule has 12 aromatic rings. The van der Waals surface area contributed by atoms with Gasteiger partial charge < -0.3 is 13.7 Å². The smallest absolute Gasteiger partial charge is 0.164 e. The van der Waals surface area contributed by atoms with Gasteiger partial charge in [-0.05, 0) is 84.9 Å². The Kier molecular flexibility index (Phi) is 7.43. The topological polar surface area (TPSA) is 53.5 Å². The van der Waals surface area contributed by atoms with Crippen molar-refractivity contribution in [3.05, 3.63) is 206 Å². The maximum atomic E-state index is 4.99. The second kappa shape index (κ2) is 13.3. The number of hydrogen-bond donors (Lipinski definition) is 0. The Morgan fingerprint density at radius 2 is 0.729 bits per heavy atom. The molecule has 4 aromatic heterocycles. The van der Waals surface area contributed by atoms with Gasteiger partial charge in [0.15, 0.2) is 17.5 Å². The minimum Gasteiger partial charge on any atom is -0.316 e. The van der Waals surface area contributed by atoms with Crippen molar-refractivity contribution in [2.24, 2.45) is 0 Å². The summed E-state index contributed by atoms with van der Waals surface area (Å²) in [4.78, 5) is 14.9. The van der Waals surface area contributed by atoms with Crippen molar-refractivity contribution in [3.8, 4) is 51.2 Å². The summed E-state index contributed by atoms with van der Waals surface area (Å²) < 4.78 is 7.09. The lowest BCUT2D eigenvalue weighted by Crippen LogP contribution is -2.00. The molecule has 0 saturated carbocycles. The summed E-state index contributed by atoms with van der Waals surface area (Å²) in [5.41, 5.74) is 11.9. The number of benzene rings is 8. The van der Waals surface area contributed by atoms with Gasteiger partial charge in [-0.2, -0.15) is 0 Å². The van der Waals surface area contributed by atoms with Crippen LogP contribution in [0.3, 0.4) is 0 Å². The van der Waals surface area contributed by atoms with E-state index in [1.807, 2.05) is 60.7 Å². The summed E-state index contributed by atoms with van der Waals surface area (Å²) in [7, 11) is 0. The molecular formula is C53H34N6. The van der Waals surface area contributed by atoms with E-state index in [1.54, 1.807) is 0 Å². The van der Waals surface area contributed by atoms with E-state index in [0.717, 1.165) is 50.3 Å². The fourth-order valence-corrected chi connectivity index (χ4v) is 8.75. The van der Waals surface area contributed by atoms with Crippen LogP contribution in [0.4, 0.5) is 0 Å². The lowest BCUT2D eigenvalue weighted by Gasteiger charge is -2.11. The van der Waals surface area contributed by atoms with E-state index in [0.29, 0.717) is 17.5 Å². The van der Waals surface area contributed by atoms with Crippen molar-refractivity contribution in [1.82, 2.24) is 28.7 Å². The first-order valence-electron chi connectivity index (χ1n) is 19.9. The Morgan fingerprint density at radius 3 is 1.34 bits per heavy atom. The minimum atomic E-state index is 0.633. The molecule has 6 nitrogen and oxygen atoms in total. The molecule has 0 aliphatic carbocycles. The van der Waals surface area contributed by atoms with E-state index in [9.17, 15) is 0 Å². The van der Waals surface area contributed by atoms with Gasteiger partial charge in [0, 0.05) is 66.9 Å². The van der Waals surface area contributed by atoms with E-state index < -0.39 is 0 Å². The van der Waals surface area contributed by atoms with Crippen LogP contribution in [-0.2, 0) is 0 Å². The summed E-state index contributed by atoms with van der Waals surface area (Å²) in [5.74, 6) is 1.92. The zero-order chi connectivity index (χ0) is 38.9.